The molecule has 5 heteroatoms. The van der Waals surface area contributed by atoms with Crippen LogP contribution in [0.3, 0.4) is 0 Å². The first-order chi connectivity index (χ1) is 13.4. The molecule has 0 spiro atoms. The van der Waals surface area contributed by atoms with Gasteiger partial charge in [0.05, 0.1) is 5.69 Å². The zero-order valence-electron chi connectivity index (χ0n) is 17.1. The number of fused-ring (bicyclic) bond motifs is 3. The summed E-state index contributed by atoms with van der Waals surface area (Å²) in [7, 11) is 0. The Bertz CT molecular complexity index is 911. The number of amides is 1. The fourth-order valence-electron chi connectivity index (χ4n) is 6.16. The summed E-state index contributed by atoms with van der Waals surface area (Å²) in [6.45, 7) is 9.44. The summed E-state index contributed by atoms with van der Waals surface area (Å²) in [5.74, 6) is 1.60. The van der Waals surface area contributed by atoms with E-state index < -0.39 is 0 Å². The van der Waals surface area contributed by atoms with Gasteiger partial charge in [-0.2, -0.15) is 0 Å². The number of benzene rings is 1. The average Bonchev–Trinajstić information content (AvgIpc) is 3.33. The molecule has 1 aromatic heterocycles. The average molecular weight is 379 g/mol. The van der Waals surface area contributed by atoms with Crippen LogP contribution in [0, 0.1) is 16.7 Å². The predicted molar refractivity (Wildman–Crippen MR) is 110 cm³/mol. The van der Waals surface area contributed by atoms with E-state index in [1.165, 1.54) is 19.3 Å². The van der Waals surface area contributed by atoms with E-state index in [9.17, 15) is 4.79 Å². The van der Waals surface area contributed by atoms with Crippen molar-refractivity contribution in [3.63, 3.8) is 0 Å². The molecule has 1 amide bonds. The van der Waals surface area contributed by atoms with Crippen LogP contribution in [-0.2, 0) is 13.1 Å². The number of rotatable bonds is 3. The van der Waals surface area contributed by atoms with E-state index in [1.807, 2.05) is 18.2 Å². The third kappa shape index (κ3) is 2.55. The Morgan fingerprint density at radius 3 is 2.75 bits per heavy atom. The van der Waals surface area contributed by atoms with E-state index in [4.69, 9.17) is 4.98 Å². The van der Waals surface area contributed by atoms with Crippen molar-refractivity contribution < 1.29 is 4.79 Å². The Kier molecular flexibility index (Phi) is 3.96. The molecule has 2 saturated carbocycles. The van der Waals surface area contributed by atoms with Crippen molar-refractivity contribution in [2.45, 2.75) is 59.2 Å². The standard InChI is InChI=1S/C23H30N4O/c1-22(2)16-9-10-23(3,13-16)21(22)26-20(28)18-17-14-24-11-12-27(17)19(25-18)15-7-5-4-6-8-15/h4-8,16,21,24H,9-14H2,1-3H3,(H,26,28). The lowest BCUT2D eigenvalue weighted by molar-refractivity contribution is 0.0732. The maximum atomic E-state index is 13.4. The van der Waals surface area contributed by atoms with Gasteiger partial charge in [-0.1, -0.05) is 51.1 Å². The Morgan fingerprint density at radius 1 is 1.25 bits per heavy atom. The lowest BCUT2D eigenvalue weighted by Crippen LogP contribution is -2.52. The molecule has 2 heterocycles. The van der Waals surface area contributed by atoms with E-state index >= 15 is 0 Å². The molecule has 3 aliphatic rings. The van der Waals surface area contributed by atoms with Crippen LogP contribution >= 0.6 is 0 Å². The molecule has 1 aliphatic heterocycles. The number of nitrogens with zero attached hydrogens (tertiary/aromatic N) is 2. The smallest absolute Gasteiger partial charge is 0.272 e. The molecule has 148 valence electrons. The molecule has 3 atom stereocenters. The van der Waals surface area contributed by atoms with Crippen LogP contribution in [0.15, 0.2) is 30.3 Å². The van der Waals surface area contributed by atoms with Crippen molar-refractivity contribution >= 4 is 5.91 Å². The summed E-state index contributed by atoms with van der Waals surface area (Å²) in [4.78, 5) is 18.3. The van der Waals surface area contributed by atoms with E-state index in [0.29, 0.717) is 18.2 Å². The normalized spacial score (nSPS) is 30.2. The van der Waals surface area contributed by atoms with E-state index in [2.05, 4.69) is 48.1 Å². The molecule has 28 heavy (non-hydrogen) atoms. The van der Waals surface area contributed by atoms with Crippen molar-refractivity contribution in [3.05, 3.63) is 41.7 Å². The van der Waals surface area contributed by atoms with Gasteiger partial charge in [-0.3, -0.25) is 4.79 Å². The Labute approximate surface area is 166 Å². The largest absolute Gasteiger partial charge is 0.347 e. The summed E-state index contributed by atoms with van der Waals surface area (Å²) in [6, 6.07) is 10.4. The minimum absolute atomic E-state index is 0.0125. The molecule has 0 saturated heterocycles. The van der Waals surface area contributed by atoms with Crippen molar-refractivity contribution in [1.82, 2.24) is 20.2 Å². The van der Waals surface area contributed by atoms with E-state index in [1.54, 1.807) is 0 Å². The van der Waals surface area contributed by atoms with Crippen molar-refractivity contribution in [2.24, 2.45) is 16.7 Å². The van der Waals surface area contributed by atoms with E-state index in [0.717, 1.165) is 30.2 Å². The third-order valence-electron chi connectivity index (χ3n) is 7.67. The Morgan fingerprint density at radius 2 is 2.04 bits per heavy atom. The van der Waals surface area contributed by atoms with Crippen LogP contribution in [0.1, 0.15) is 56.2 Å². The fraction of sp³-hybridized carbons (Fsp3) is 0.565. The summed E-state index contributed by atoms with van der Waals surface area (Å²) < 4.78 is 2.22. The first-order valence-corrected chi connectivity index (χ1v) is 10.6. The summed E-state index contributed by atoms with van der Waals surface area (Å²) in [6.07, 6.45) is 3.73. The highest BCUT2D eigenvalue weighted by Gasteiger charge is 2.59. The zero-order valence-corrected chi connectivity index (χ0v) is 17.1. The Hall–Kier alpha value is -2.14. The van der Waals surface area contributed by atoms with Gasteiger partial charge < -0.3 is 15.2 Å². The topological polar surface area (TPSA) is 59.0 Å². The molecule has 3 unspecified atom stereocenters. The number of nitrogens with one attached hydrogen (secondary N) is 2. The molecule has 5 rings (SSSR count). The van der Waals surface area contributed by atoms with Crippen molar-refractivity contribution in [2.75, 3.05) is 6.54 Å². The van der Waals surface area contributed by atoms with Crippen LogP contribution in [0.5, 0.6) is 0 Å². The second-order valence-corrected chi connectivity index (χ2v) is 9.75. The monoisotopic (exact) mass is 378 g/mol. The number of carbonyl (C=O) groups excluding carboxylic acids is 1. The van der Waals surface area contributed by atoms with Gasteiger partial charge in [0.25, 0.3) is 5.91 Å². The minimum Gasteiger partial charge on any atom is -0.347 e. The first-order valence-electron chi connectivity index (χ1n) is 10.6. The number of carbonyl (C=O) groups is 1. The van der Waals surface area contributed by atoms with Crippen LogP contribution in [-0.4, -0.2) is 28.0 Å². The minimum atomic E-state index is -0.0125. The van der Waals surface area contributed by atoms with Gasteiger partial charge in [-0.15, -0.1) is 0 Å². The summed E-state index contributed by atoms with van der Waals surface area (Å²) in [5, 5.41) is 6.83. The van der Waals surface area contributed by atoms with Gasteiger partial charge in [0, 0.05) is 31.2 Å². The van der Waals surface area contributed by atoms with Gasteiger partial charge in [-0.05, 0) is 36.0 Å². The molecule has 2 aliphatic carbocycles. The number of aromatic nitrogens is 2. The molecule has 2 bridgehead atoms. The predicted octanol–water partition coefficient (Wildman–Crippen LogP) is 3.60. The maximum Gasteiger partial charge on any atom is 0.272 e. The molecule has 5 nitrogen and oxygen atoms in total. The highest BCUT2D eigenvalue weighted by atomic mass is 16.2. The highest BCUT2D eigenvalue weighted by Crippen LogP contribution is 2.62. The summed E-state index contributed by atoms with van der Waals surface area (Å²) in [5.41, 5.74) is 3.02. The lowest BCUT2D eigenvalue weighted by Gasteiger charge is -2.43. The third-order valence-corrected chi connectivity index (χ3v) is 7.67. The highest BCUT2D eigenvalue weighted by molar-refractivity contribution is 5.94. The maximum absolute atomic E-state index is 13.4. The number of hydrogen-bond donors (Lipinski definition) is 2. The van der Waals surface area contributed by atoms with Gasteiger partial charge in [0.1, 0.15) is 5.82 Å². The van der Waals surface area contributed by atoms with Crippen LogP contribution < -0.4 is 10.6 Å². The molecule has 2 fully saturated rings. The SMILES string of the molecule is CC12CCC(C1)C(C)(C)C2NC(=O)c1nc(-c2ccccc2)n2c1CNCC2. The lowest BCUT2D eigenvalue weighted by atomic mass is 9.68. The fourth-order valence-corrected chi connectivity index (χ4v) is 6.16. The number of imidazole rings is 1. The van der Waals surface area contributed by atoms with Gasteiger partial charge in [-0.25, -0.2) is 4.98 Å². The molecular formula is C23H30N4O. The molecule has 0 radical (unpaired) electrons. The van der Waals surface area contributed by atoms with E-state index in [-0.39, 0.29) is 22.8 Å². The zero-order chi connectivity index (χ0) is 19.5. The van der Waals surface area contributed by atoms with Gasteiger partial charge in [0.15, 0.2) is 5.69 Å². The van der Waals surface area contributed by atoms with Gasteiger partial charge >= 0.3 is 0 Å². The van der Waals surface area contributed by atoms with Crippen LogP contribution in [0.4, 0.5) is 0 Å². The first kappa shape index (κ1) is 17.9. The Balaban J connectivity index is 1.50. The van der Waals surface area contributed by atoms with Gasteiger partial charge in [0.2, 0.25) is 0 Å². The number of hydrogen-bond acceptors (Lipinski definition) is 3. The van der Waals surface area contributed by atoms with Crippen molar-refractivity contribution in [3.8, 4) is 11.4 Å². The van der Waals surface area contributed by atoms with Crippen LogP contribution in [0.25, 0.3) is 11.4 Å². The van der Waals surface area contributed by atoms with Crippen LogP contribution in [0.2, 0.25) is 0 Å². The molecular weight excluding hydrogens is 348 g/mol. The second kappa shape index (κ2) is 6.18. The second-order valence-electron chi connectivity index (χ2n) is 9.75. The molecule has 1 aromatic carbocycles. The molecule has 2 N–H and O–H groups in total. The quantitative estimate of drug-likeness (QED) is 0.858. The summed E-state index contributed by atoms with van der Waals surface area (Å²) >= 11 is 0. The molecule has 2 aromatic rings. The van der Waals surface area contributed by atoms with Crippen molar-refractivity contribution in [1.29, 1.82) is 0 Å².